The summed E-state index contributed by atoms with van der Waals surface area (Å²) < 4.78 is 19.2. The molecule has 1 N–H and O–H groups in total. The average molecular weight is 332 g/mol. The third-order valence-corrected chi connectivity index (χ3v) is 3.90. The third kappa shape index (κ3) is 3.83. The second kappa shape index (κ2) is 6.23. The molecule has 1 aliphatic rings. The van der Waals surface area contributed by atoms with Crippen LogP contribution in [0.25, 0.3) is 0 Å². The maximum Gasteiger partial charge on any atom is 0.407 e. The summed E-state index contributed by atoms with van der Waals surface area (Å²) in [5.74, 6) is 0.474. The summed E-state index contributed by atoms with van der Waals surface area (Å²) in [7, 11) is 0. The van der Waals surface area contributed by atoms with Crippen LogP contribution in [0.5, 0.6) is 5.75 Å². The number of carboxylic acid groups (broad SMARTS) is 1. The number of carbonyl (C=O) groups is 1. The highest BCUT2D eigenvalue weighted by Crippen LogP contribution is 2.23. The predicted octanol–water partition coefficient (Wildman–Crippen LogP) is 3.36. The Labute approximate surface area is 119 Å². The van der Waals surface area contributed by atoms with Gasteiger partial charge in [0.25, 0.3) is 0 Å². The summed E-state index contributed by atoms with van der Waals surface area (Å²) in [6.45, 7) is 1.57. The van der Waals surface area contributed by atoms with E-state index in [1.807, 2.05) is 0 Å². The van der Waals surface area contributed by atoms with Gasteiger partial charge in [0, 0.05) is 19.2 Å². The second-order valence-electron chi connectivity index (χ2n) is 4.60. The Morgan fingerprint density at radius 3 is 2.74 bits per heavy atom. The van der Waals surface area contributed by atoms with Crippen LogP contribution in [0.3, 0.4) is 0 Å². The van der Waals surface area contributed by atoms with Gasteiger partial charge in [-0.25, -0.2) is 9.18 Å². The van der Waals surface area contributed by atoms with Gasteiger partial charge in [-0.15, -0.1) is 0 Å². The first kappa shape index (κ1) is 14.1. The van der Waals surface area contributed by atoms with E-state index in [2.05, 4.69) is 15.9 Å². The van der Waals surface area contributed by atoms with E-state index in [1.54, 1.807) is 12.1 Å². The Hall–Kier alpha value is -1.30. The molecule has 1 aliphatic heterocycles. The molecular formula is C13H15BrFNO3. The van der Waals surface area contributed by atoms with Crippen molar-refractivity contribution in [2.75, 3.05) is 19.7 Å². The Kier molecular flexibility index (Phi) is 4.63. The fourth-order valence-corrected chi connectivity index (χ4v) is 2.32. The van der Waals surface area contributed by atoms with E-state index in [0.29, 0.717) is 35.8 Å². The zero-order valence-corrected chi connectivity index (χ0v) is 11.9. The van der Waals surface area contributed by atoms with Crippen LogP contribution in [0.2, 0.25) is 0 Å². The number of likely N-dealkylation sites (tertiary alicyclic amines) is 1. The van der Waals surface area contributed by atoms with Crippen molar-refractivity contribution in [3.05, 3.63) is 28.5 Å². The van der Waals surface area contributed by atoms with Crippen molar-refractivity contribution in [2.24, 2.45) is 5.92 Å². The highest BCUT2D eigenvalue weighted by molar-refractivity contribution is 9.10. The van der Waals surface area contributed by atoms with Gasteiger partial charge < -0.3 is 14.7 Å². The molecule has 2 rings (SSSR count). The SMILES string of the molecule is O=C(O)N1CCC(COc2ccc(Br)c(F)c2)CC1. The maximum atomic E-state index is 13.3. The largest absolute Gasteiger partial charge is 0.493 e. The minimum Gasteiger partial charge on any atom is -0.493 e. The molecule has 1 aromatic rings. The molecule has 1 heterocycles. The first-order valence-electron chi connectivity index (χ1n) is 6.12. The van der Waals surface area contributed by atoms with Crippen LogP contribution in [-0.4, -0.2) is 35.8 Å². The van der Waals surface area contributed by atoms with Gasteiger partial charge >= 0.3 is 6.09 Å². The van der Waals surface area contributed by atoms with E-state index >= 15 is 0 Å². The Bertz CT molecular complexity index is 461. The molecule has 1 aromatic carbocycles. The molecule has 0 saturated carbocycles. The Morgan fingerprint density at radius 2 is 2.16 bits per heavy atom. The van der Waals surface area contributed by atoms with Crippen molar-refractivity contribution in [3.8, 4) is 5.75 Å². The van der Waals surface area contributed by atoms with Gasteiger partial charge in [0.05, 0.1) is 11.1 Å². The lowest BCUT2D eigenvalue weighted by atomic mass is 9.98. The summed E-state index contributed by atoms with van der Waals surface area (Å²) >= 11 is 3.09. The summed E-state index contributed by atoms with van der Waals surface area (Å²) in [6, 6.07) is 4.66. The quantitative estimate of drug-likeness (QED) is 0.923. The van der Waals surface area contributed by atoms with Crippen molar-refractivity contribution in [1.82, 2.24) is 4.90 Å². The standard InChI is InChI=1S/C13H15BrFNO3/c14-11-2-1-10(7-12(11)15)19-8-9-3-5-16(6-4-9)13(17)18/h1-2,7,9H,3-6,8H2,(H,17,18). The van der Waals surface area contributed by atoms with Crippen LogP contribution in [0, 0.1) is 11.7 Å². The molecule has 104 valence electrons. The van der Waals surface area contributed by atoms with E-state index in [9.17, 15) is 9.18 Å². The van der Waals surface area contributed by atoms with Crippen LogP contribution in [0.15, 0.2) is 22.7 Å². The lowest BCUT2D eigenvalue weighted by Gasteiger charge is -2.29. The van der Waals surface area contributed by atoms with Gasteiger partial charge in [0.1, 0.15) is 11.6 Å². The molecule has 0 atom stereocenters. The van der Waals surface area contributed by atoms with E-state index < -0.39 is 6.09 Å². The van der Waals surface area contributed by atoms with E-state index in [4.69, 9.17) is 9.84 Å². The highest BCUT2D eigenvalue weighted by Gasteiger charge is 2.22. The zero-order chi connectivity index (χ0) is 13.8. The molecule has 4 nitrogen and oxygen atoms in total. The van der Waals surface area contributed by atoms with Gasteiger partial charge in [-0.3, -0.25) is 0 Å². The molecule has 1 saturated heterocycles. The molecule has 19 heavy (non-hydrogen) atoms. The monoisotopic (exact) mass is 331 g/mol. The minimum atomic E-state index is -0.866. The van der Waals surface area contributed by atoms with Crippen LogP contribution >= 0.6 is 15.9 Å². The van der Waals surface area contributed by atoms with Crippen molar-refractivity contribution < 1.29 is 19.0 Å². The minimum absolute atomic E-state index is 0.322. The lowest BCUT2D eigenvalue weighted by molar-refractivity contribution is 0.111. The Morgan fingerprint density at radius 1 is 1.47 bits per heavy atom. The first-order valence-corrected chi connectivity index (χ1v) is 6.91. The number of benzene rings is 1. The van der Waals surface area contributed by atoms with E-state index in [0.717, 1.165) is 12.8 Å². The number of amides is 1. The fraction of sp³-hybridized carbons (Fsp3) is 0.462. The normalized spacial score (nSPS) is 16.4. The van der Waals surface area contributed by atoms with Gasteiger partial charge in [-0.05, 0) is 46.8 Å². The summed E-state index contributed by atoms with van der Waals surface area (Å²) in [6.07, 6.45) is 0.700. The van der Waals surface area contributed by atoms with Crippen LogP contribution in [0.1, 0.15) is 12.8 Å². The smallest absolute Gasteiger partial charge is 0.407 e. The highest BCUT2D eigenvalue weighted by atomic mass is 79.9. The van der Waals surface area contributed by atoms with E-state index in [-0.39, 0.29) is 5.82 Å². The van der Waals surface area contributed by atoms with Crippen LogP contribution in [0.4, 0.5) is 9.18 Å². The third-order valence-electron chi connectivity index (χ3n) is 3.26. The van der Waals surface area contributed by atoms with Gasteiger partial charge in [0.15, 0.2) is 0 Å². The molecule has 0 bridgehead atoms. The second-order valence-corrected chi connectivity index (χ2v) is 5.45. The number of halogens is 2. The first-order chi connectivity index (χ1) is 9.06. The number of piperidine rings is 1. The van der Waals surface area contributed by atoms with Gasteiger partial charge in [0.2, 0.25) is 0 Å². The molecule has 6 heteroatoms. The predicted molar refractivity (Wildman–Crippen MR) is 71.9 cm³/mol. The summed E-state index contributed by atoms with van der Waals surface area (Å²) in [4.78, 5) is 12.2. The summed E-state index contributed by atoms with van der Waals surface area (Å²) in [5.41, 5.74) is 0. The summed E-state index contributed by atoms with van der Waals surface area (Å²) in [5, 5.41) is 8.84. The number of rotatable bonds is 3. The van der Waals surface area contributed by atoms with Crippen molar-refractivity contribution in [2.45, 2.75) is 12.8 Å². The number of hydrogen-bond acceptors (Lipinski definition) is 2. The van der Waals surface area contributed by atoms with Gasteiger partial charge in [-0.2, -0.15) is 0 Å². The Balaban J connectivity index is 1.80. The van der Waals surface area contributed by atoms with Gasteiger partial charge in [-0.1, -0.05) is 0 Å². The van der Waals surface area contributed by atoms with Crippen molar-refractivity contribution in [1.29, 1.82) is 0 Å². The van der Waals surface area contributed by atoms with E-state index in [1.165, 1.54) is 11.0 Å². The molecule has 1 amide bonds. The molecule has 0 aromatic heterocycles. The van der Waals surface area contributed by atoms with Crippen molar-refractivity contribution in [3.63, 3.8) is 0 Å². The van der Waals surface area contributed by atoms with Crippen LogP contribution in [-0.2, 0) is 0 Å². The number of nitrogens with zero attached hydrogens (tertiary/aromatic N) is 1. The number of hydrogen-bond donors (Lipinski definition) is 1. The maximum absolute atomic E-state index is 13.3. The molecule has 0 unspecified atom stereocenters. The van der Waals surface area contributed by atoms with Crippen molar-refractivity contribution >= 4 is 22.0 Å². The number of ether oxygens (including phenoxy) is 1. The fourth-order valence-electron chi connectivity index (χ4n) is 2.07. The molecule has 0 radical (unpaired) electrons. The molecule has 1 fully saturated rings. The topological polar surface area (TPSA) is 49.8 Å². The average Bonchev–Trinajstić information content (AvgIpc) is 2.40. The lowest BCUT2D eigenvalue weighted by Crippen LogP contribution is -2.38. The molecule has 0 spiro atoms. The zero-order valence-electron chi connectivity index (χ0n) is 10.3. The molecular weight excluding hydrogens is 317 g/mol. The van der Waals surface area contributed by atoms with Crippen LogP contribution < -0.4 is 4.74 Å². The molecule has 0 aliphatic carbocycles.